The summed E-state index contributed by atoms with van der Waals surface area (Å²) in [6, 6.07) is 10.0. The lowest BCUT2D eigenvalue weighted by Crippen LogP contribution is -2.19. The maximum Gasteiger partial charge on any atom is 0.0959 e. The van der Waals surface area contributed by atoms with Crippen LogP contribution in [0.1, 0.15) is 18.3 Å². The van der Waals surface area contributed by atoms with E-state index in [1.807, 2.05) is 40.6 Å². The number of aromatic nitrogens is 4. The van der Waals surface area contributed by atoms with E-state index in [4.69, 9.17) is 0 Å². The molecule has 1 aromatic carbocycles. The minimum absolute atomic E-state index is 0.456. The summed E-state index contributed by atoms with van der Waals surface area (Å²) >= 11 is 0. The lowest BCUT2D eigenvalue weighted by Gasteiger charge is -2.12. The molecule has 0 aliphatic carbocycles. The summed E-state index contributed by atoms with van der Waals surface area (Å²) in [6.45, 7) is 2.62. The van der Waals surface area contributed by atoms with Gasteiger partial charge in [-0.15, -0.1) is 0 Å². The summed E-state index contributed by atoms with van der Waals surface area (Å²) in [5, 5.41) is 14.8. The fourth-order valence-corrected chi connectivity index (χ4v) is 2.62. The minimum Gasteiger partial charge on any atom is -0.391 e. The van der Waals surface area contributed by atoms with Crippen molar-refractivity contribution in [3.05, 3.63) is 48.0 Å². The normalized spacial score (nSPS) is 12.9. The van der Waals surface area contributed by atoms with Gasteiger partial charge in [-0.25, -0.2) is 4.98 Å². The summed E-state index contributed by atoms with van der Waals surface area (Å²) in [7, 11) is 1.92. The fourth-order valence-electron chi connectivity index (χ4n) is 2.62. The molecule has 2 aromatic heterocycles. The molecule has 0 spiro atoms. The highest BCUT2D eigenvalue weighted by molar-refractivity contribution is 5.74. The molecule has 1 unspecified atom stereocenters. The summed E-state index contributed by atoms with van der Waals surface area (Å²) in [6.07, 6.45) is 2.84. The Morgan fingerprint density at radius 3 is 2.86 bits per heavy atom. The number of hydrogen-bond donors (Lipinski definition) is 1. The highest BCUT2D eigenvalue weighted by atomic mass is 16.3. The molecule has 0 aliphatic heterocycles. The number of para-hydroxylation sites is 2. The molecule has 0 saturated carbocycles. The molecule has 1 N–H and O–H groups in total. The van der Waals surface area contributed by atoms with Crippen LogP contribution in [0.2, 0.25) is 0 Å². The van der Waals surface area contributed by atoms with Crippen LogP contribution in [0.25, 0.3) is 11.0 Å². The van der Waals surface area contributed by atoms with Gasteiger partial charge in [0.2, 0.25) is 0 Å². The van der Waals surface area contributed by atoms with E-state index in [0.717, 1.165) is 28.8 Å². The van der Waals surface area contributed by atoms with Gasteiger partial charge >= 0.3 is 0 Å². The maximum atomic E-state index is 10.4. The molecule has 0 bridgehead atoms. The SMILES string of the molecule is CCc1cc(CC(O)Cn2cnc3ccccc32)n(C)n1. The number of nitrogens with zero attached hydrogens (tertiary/aromatic N) is 4. The first-order valence-corrected chi connectivity index (χ1v) is 7.27. The van der Waals surface area contributed by atoms with Gasteiger partial charge in [0.1, 0.15) is 0 Å². The Bertz CT molecular complexity index is 744. The van der Waals surface area contributed by atoms with Crippen LogP contribution in [0.15, 0.2) is 36.7 Å². The molecule has 0 fully saturated rings. The van der Waals surface area contributed by atoms with Crippen LogP contribution in [-0.2, 0) is 26.4 Å². The van der Waals surface area contributed by atoms with Gasteiger partial charge in [0.05, 0.1) is 35.7 Å². The Balaban J connectivity index is 1.74. The molecule has 5 nitrogen and oxygen atoms in total. The highest BCUT2D eigenvalue weighted by Crippen LogP contribution is 2.14. The summed E-state index contributed by atoms with van der Waals surface area (Å²) in [4.78, 5) is 4.35. The van der Waals surface area contributed by atoms with Crippen LogP contribution in [0, 0.1) is 0 Å². The van der Waals surface area contributed by atoms with Crippen LogP contribution in [0.3, 0.4) is 0 Å². The van der Waals surface area contributed by atoms with E-state index < -0.39 is 6.10 Å². The predicted octanol–water partition coefficient (Wildman–Crippen LogP) is 1.94. The van der Waals surface area contributed by atoms with Gasteiger partial charge in [0.15, 0.2) is 0 Å². The first-order chi connectivity index (χ1) is 10.2. The van der Waals surface area contributed by atoms with Crippen molar-refractivity contribution in [3.63, 3.8) is 0 Å². The van der Waals surface area contributed by atoms with Crippen molar-refractivity contribution in [1.82, 2.24) is 19.3 Å². The molecule has 0 amide bonds. The number of rotatable bonds is 5. The number of benzene rings is 1. The standard InChI is InChI=1S/C16H20N4O/c1-3-12-8-13(19(2)18-12)9-14(21)10-20-11-17-15-6-4-5-7-16(15)20/h4-8,11,14,21H,3,9-10H2,1-2H3. The van der Waals surface area contributed by atoms with Crippen molar-refractivity contribution < 1.29 is 5.11 Å². The van der Waals surface area contributed by atoms with E-state index in [0.29, 0.717) is 13.0 Å². The molecule has 3 rings (SSSR count). The Kier molecular flexibility index (Phi) is 3.75. The Hall–Kier alpha value is -2.14. The van der Waals surface area contributed by atoms with E-state index in [2.05, 4.69) is 23.1 Å². The van der Waals surface area contributed by atoms with E-state index in [1.165, 1.54) is 0 Å². The lowest BCUT2D eigenvalue weighted by molar-refractivity contribution is 0.153. The molecule has 0 saturated heterocycles. The van der Waals surface area contributed by atoms with Gasteiger partial charge in [-0.3, -0.25) is 4.68 Å². The number of imidazole rings is 1. The number of aryl methyl sites for hydroxylation is 2. The van der Waals surface area contributed by atoms with E-state index in [9.17, 15) is 5.11 Å². The molecular formula is C16H20N4O. The first kappa shape index (κ1) is 13.8. The molecule has 110 valence electrons. The minimum atomic E-state index is -0.456. The lowest BCUT2D eigenvalue weighted by atomic mass is 10.1. The third-order valence-electron chi connectivity index (χ3n) is 3.77. The van der Waals surface area contributed by atoms with E-state index >= 15 is 0 Å². The zero-order chi connectivity index (χ0) is 14.8. The zero-order valence-corrected chi connectivity index (χ0v) is 12.4. The van der Waals surface area contributed by atoms with Crippen molar-refractivity contribution >= 4 is 11.0 Å². The van der Waals surface area contributed by atoms with Crippen LogP contribution < -0.4 is 0 Å². The topological polar surface area (TPSA) is 55.9 Å². The molecule has 0 radical (unpaired) electrons. The monoisotopic (exact) mass is 284 g/mol. The predicted molar refractivity (Wildman–Crippen MR) is 82.0 cm³/mol. The Morgan fingerprint density at radius 1 is 1.29 bits per heavy atom. The van der Waals surface area contributed by atoms with Crippen LogP contribution in [0.4, 0.5) is 0 Å². The molecule has 5 heteroatoms. The second kappa shape index (κ2) is 5.69. The van der Waals surface area contributed by atoms with Gasteiger partial charge in [-0.1, -0.05) is 19.1 Å². The third-order valence-corrected chi connectivity index (χ3v) is 3.77. The average Bonchev–Trinajstić information content (AvgIpc) is 3.04. The fraction of sp³-hybridized carbons (Fsp3) is 0.375. The van der Waals surface area contributed by atoms with Crippen LogP contribution >= 0.6 is 0 Å². The van der Waals surface area contributed by atoms with E-state index in [1.54, 1.807) is 6.33 Å². The Morgan fingerprint density at radius 2 is 2.10 bits per heavy atom. The largest absolute Gasteiger partial charge is 0.391 e. The smallest absolute Gasteiger partial charge is 0.0959 e. The molecule has 3 aromatic rings. The summed E-state index contributed by atoms with van der Waals surface area (Å²) < 4.78 is 3.85. The first-order valence-electron chi connectivity index (χ1n) is 7.27. The summed E-state index contributed by atoms with van der Waals surface area (Å²) in [5.74, 6) is 0. The highest BCUT2D eigenvalue weighted by Gasteiger charge is 2.12. The second-order valence-electron chi connectivity index (χ2n) is 5.35. The van der Waals surface area contributed by atoms with Crippen molar-refractivity contribution in [3.8, 4) is 0 Å². The molecular weight excluding hydrogens is 264 g/mol. The van der Waals surface area contributed by atoms with Crippen molar-refractivity contribution in [2.45, 2.75) is 32.4 Å². The Labute approximate surface area is 123 Å². The zero-order valence-electron chi connectivity index (χ0n) is 12.4. The van der Waals surface area contributed by atoms with Crippen LogP contribution in [-0.4, -0.2) is 30.5 Å². The number of hydrogen-bond acceptors (Lipinski definition) is 3. The van der Waals surface area contributed by atoms with Crippen molar-refractivity contribution in [1.29, 1.82) is 0 Å². The number of aliphatic hydroxyl groups excluding tert-OH is 1. The van der Waals surface area contributed by atoms with Gasteiger partial charge in [-0.05, 0) is 24.6 Å². The molecule has 21 heavy (non-hydrogen) atoms. The van der Waals surface area contributed by atoms with Crippen molar-refractivity contribution in [2.75, 3.05) is 0 Å². The molecule has 2 heterocycles. The van der Waals surface area contributed by atoms with Crippen LogP contribution in [0.5, 0.6) is 0 Å². The molecule has 0 aliphatic rings. The average molecular weight is 284 g/mol. The second-order valence-corrected chi connectivity index (χ2v) is 5.35. The number of aliphatic hydroxyl groups is 1. The van der Waals surface area contributed by atoms with E-state index in [-0.39, 0.29) is 0 Å². The van der Waals surface area contributed by atoms with Crippen molar-refractivity contribution in [2.24, 2.45) is 7.05 Å². The third kappa shape index (κ3) is 2.83. The molecule has 1 atom stereocenters. The van der Waals surface area contributed by atoms with Gasteiger partial charge in [-0.2, -0.15) is 5.10 Å². The number of fused-ring (bicyclic) bond motifs is 1. The quantitative estimate of drug-likeness (QED) is 0.779. The van der Waals surface area contributed by atoms with Gasteiger partial charge in [0.25, 0.3) is 0 Å². The van der Waals surface area contributed by atoms with Gasteiger partial charge in [0, 0.05) is 19.2 Å². The maximum absolute atomic E-state index is 10.4. The van der Waals surface area contributed by atoms with Gasteiger partial charge < -0.3 is 9.67 Å². The summed E-state index contributed by atoms with van der Waals surface area (Å²) in [5.41, 5.74) is 4.13.